The number of piperidine rings is 1. The van der Waals surface area contributed by atoms with Crippen LogP contribution in [0.2, 0.25) is 0 Å². The molecule has 1 aliphatic carbocycles. The number of pyridine rings is 1. The molecule has 5 nitrogen and oxygen atoms in total. The largest absolute Gasteiger partial charge is 0.356 e. The predicted octanol–water partition coefficient (Wildman–Crippen LogP) is 3.56. The molecule has 1 saturated heterocycles. The van der Waals surface area contributed by atoms with Crippen molar-refractivity contribution in [3.8, 4) is 11.4 Å². The van der Waals surface area contributed by atoms with E-state index >= 15 is 0 Å². The van der Waals surface area contributed by atoms with Crippen molar-refractivity contribution in [1.82, 2.24) is 15.0 Å². The first-order chi connectivity index (χ1) is 12.8. The summed E-state index contributed by atoms with van der Waals surface area (Å²) in [5.41, 5.74) is 8.67. The molecule has 134 valence electrons. The van der Waals surface area contributed by atoms with Crippen LogP contribution in [0.3, 0.4) is 0 Å². The first kappa shape index (κ1) is 16.1. The summed E-state index contributed by atoms with van der Waals surface area (Å²) in [5.74, 6) is 1.93. The lowest BCUT2D eigenvalue weighted by atomic mass is 9.96. The van der Waals surface area contributed by atoms with Crippen molar-refractivity contribution in [3.63, 3.8) is 0 Å². The fourth-order valence-corrected chi connectivity index (χ4v) is 5.36. The van der Waals surface area contributed by atoms with Gasteiger partial charge in [-0.15, -0.1) is 11.3 Å². The highest BCUT2D eigenvalue weighted by atomic mass is 32.1. The minimum absolute atomic E-state index is 0.319. The van der Waals surface area contributed by atoms with Gasteiger partial charge < -0.3 is 10.6 Å². The third-order valence-corrected chi connectivity index (χ3v) is 6.76. The maximum absolute atomic E-state index is 6.14. The van der Waals surface area contributed by atoms with Crippen LogP contribution < -0.4 is 10.6 Å². The van der Waals surface area contributed by atoms with Gasteiger partial charge in [0, 0.05) is 42.0 Å². The van der Waals surface area contributed by atoms with Gasteiger partial charge in [-0.2, -0.15) is 0 Å². The molecule has 0 radical (unpaired) electrons. The van der Waals surface area contributed by atoms with E-state index in [1.807, 2.05) is 35.9 Å². The molecule has 4 heterocycles. The highest BCUT2D eigenvalue weighted by Gasteiger charge is 2.26. The van der Waals surface area contributed by atoms with Crippen LogP contribution in [0.1, 0.15) is 36.1 Å². The normalized spacial score (nSPS) is 18.3. The van der Waals surface area contributed by atoms with Crippen LogP contribution in [0.5, 0.6) is 0 Å². The number of hydrogen-bond donors (Lipinski definition) is 1. The Morgan fingerprint density at radius 1 is 1.04 bits per heavy atom. The molecule has 0 amide bonds. The van der Waals surface area contributed by atoms with Crippen molar-refractivity contribution >= 4 is 27.4 Å². The number of anilines is 1. The summed E-state index contributed by atoms with van der Waals surface area (Å²) >= 11 is 1.87. The first-order valence-corrected chi connectivity index (χ1v) is 10.3. The molecule has 1 fully saturated rings. The van der Waals surface area contributed by atoms with Gasteiger partial charge in [-0.3, -0.25) is 4.98 Å². The topological polar surface area (TPSA) is 67.9 Å². The number of thiophene rings is 1. The summed E-state index contributed by atoms with van der Waals surface area (Å²) in [6, 6.07) is 4.30. The lowest BCUT2D eigenvalue weighted by Crippen LogP contribution is -2.40. The summed E-state index contributed by atoms with van der Waals surface area (Å²) in [6.07, 6.45) is 10.6. The predicted molar refractivity (Wildman–Crippen MR) is 107 cm³/mol. The maximum Gasteiger partial charge on any atom is 0.163 e. The molecule has 0 aromatic carbocycles. The molecular weight excluding hydrogens is 342 g/mol. The van der Waals surface area contributed by atoms with Gasteiger partial charge in [-0.05, 0) is 56.2 Å². The molecule has 2 N–H and O–H groups in total. The second-order valence-corrected chi connectivity index (χ2v) is 8.41. The molecule has 0 atom stereocenters. The van der Waals surface area contributed by atoms with Crippen molar-refractivity contribution in [1.29, 1.82) is 0 Å². The molecule has 3 aromatic heterocycles. The third-order valence-electron chi connectivity index (χ3n) is 5.57. The van der Waals surface area contributed by atoms with Crippen LogP contribution in [-0.2, 0) is 12.8 Å². The SMILES string of the molecule is NC1CCN(c2nc(-c3ccncc3)nc3sc4c(c23)CCCC4)CC1. The van der Waals surface area contributed by atoms with Crippen molar-refractivity contribution in [2.75, 3.05) is 18.0 Å². The Labute approximate surface area is 157 Å². The van der Waals surface area contributed by atoms with E-state index in [9.17, 15) is 0 Å². The van der Waals surface area contributed by atoms with Gasteiger partial charge in [0.1, 0.15) is 10.6 Å². The maximum atomic E-state index is 6.14. The highest BCUT2D eigenvalue weighted by molar-refractivity contribution is 7.19. The van der Waals surface area contributed by atoms with E-state index in [-0.39, 0.29) is 0 Å². The zero-order valence-electron chi connectivity index (χ0n) is 14.8. The van der Waals surface area contributed by atoms with Crippen LogP contribution in [0, 0.1) is 0 Å². The molecule has 0 spiro atoms. The number of aryl methyl sites for hydroxylation is 2. The van der Waals surface area contributed by atoms with Crippen molar-refractivity contribution in [2.24, 2.45) is 5.73 Å². The number of hydrogen-bond acceptors (Lipinski definition) is 6. The molecular formula is C20H23N5S. The molecule has 5 rings (SSSR count). The summed E-state index contributed by atoms with van der Waals surface area (Å²) in [6.45, 7) is 1.96. The lowest BCUT2D eigenvalue weighted by molar-refractivity contribution is 0.499. The van der Waals surface area contributed by atoms with Crippen molar-refractivity contribution in [3.05, 3.63) is 35.0 Å². The average Bonchev–Trinajstić information content (AvgIpc) is 3.07. The van der Waals surface area contributed by atoms with E-state index in [0.717, 1.165) is 54.4 Å². The second-order valence-electron chi connectivity index (χ2n) is 7.32. The number of nitrogens with zero attached hydrogens (tertiary/aromatic N) is 4. The van der Waals surface area contributed by atoms with E-state index in [1.54, 1.807) is 0 Å². The molecule has 6 heteroatoms. The molecule has 0 bridgehead atoms. The van der Waals surface area contributed by atoms with Crippen LogP contribution in [0.4, 0.5) is 5.82 Å². The first-order valence-electron chi connectivity index (χ1n) is 9.53. The van der Waals surface area contributed by atoms with Crippen molar-refractivity contribution in [2.45, 2.75) is 44.6 Å². The summed E-state index contributed by atoms with van der Waals surface area (Å²) in [4.78, 5) is 19.2. The zero-order chi connectivity index (χ0) is 17.5. The Balaban J connectivity index is 1.70. The Morgan fingerprint density at radius 2 is 1.81 bits per heavy atom. The van der Waals surface area contributed by atoms with E-state index in [0.29, 0.717) is 6.04 Å². The minimum atomic E-state index is 0.319. The van der Waals surface area contributed by atoms with Gasteiger partial charge in [-0.25, -0.2) is 9.97 Å². The van der Waals surface area contributed by atoms with Gasteiger partial charge >= 0.3 is 0 Å². The van der Waals surface area contributed by atoms with Gasteiger partial charge in [0.25, 0.3) is 0 Å². The van der Waals surface area contributed by atoms with E-state index < -0.39 is 0 Å². The Bertz CT molecular complexity index is 928. The van der Waals surface area contributed by atoms with Gasteiger partial charge in [0.2, 0.25) is 0 Å². The van der Waals surface area contributed by atoms with Crippen LogP contribution >= 0.6 is 11.3 Å². The molecule has 0 saturated carbocycles. The molecule has 3 aromatic rings. The molecule has 1 aliphatic heterocycles. The minimum Gasteiger partial charge on any atom is -0.356 e. The molecule has 2 aliphatic rings. The smallest absolute Gasteiger partial charge is 0.163 e. The van der Waals surface area contributed by atoms with Crippen LogP contribution in [-0.4, -0.2) is 34.1 Å². The Hall–Kier alpha value is -2.05. The summed E-state index contributed by atoms with van der Waals surface area (Å²) in [5, 5.41) is 1.30. The Kier molecular flexibility index (Phi) is 4.10. The van der Waals surface area contributed by atoms with E-state index in [2.05, 4.69) is 9.88 Å². The fraction of sp³-hybridized carbons (Fsp3) is 0.450. The standard InChI is InChI=1S/C20H23N5S/c21-14-7-11-25(12-8-14)19-17-15-3-1-2-4-16(15)26-20(17)24-18(23-19)13-5-9-22-10-6-13/h5-6,9-10,14H,1-4,7-8,11-12,21H2. The molecule has 0 unspecified atom stereocenters. The van der Waals surface area contributed by atoms with Crippen LogP contribution in [0.25, 0.3) is 21.6 Å². The van der Waals surface area contributed by atoms with E-state index in [1.165, 1.54) is 35.1 Å². The quantitative estimate of drug-likeness (QED) is 0.752. The summed E-state index contributed by atoms with van der Waals surface area (Å²) in [7, 11) is 0. The Morgan fingerprint density at radius 3 is 2.62 bits per heavy atom. The average molecular weight is 366 g/mol. The number of nitrogens with two attached hydrogens (primary N) is 1. The van der Waals surface area contributed by atoms with Gasteiger partial charge in [-0.1, -0.05) is 0 Å². The number of rotatable bonds is 2. The summed E-state index contributed by atoms with van der Waals surface area (Å²) < 4.78 is 0. The third kappa shape index (κ3) is 2.77. The molecule has 26 heavy (non-hydrogen) atoms. The van der Waals surface area contributed by atoms with Gasteiger partial charge in [0.05, 0.1) is 5.39 Å². The van der Waals surface area contributed by atoms with E-state index in [4.69, 9.17) is 15.7 Å². The monoisotopic (exact) mass is 365 g/mol. The lowest BCUT2D eigenvalue weighted by Gasteiger charge is -2.32. The van der Waals surface area contributed by atoms with Crippen LogP contribution in [0.15, 0.2) is 24.5 Å². The van der Waals surface area contributed by atoms with Gasteiger partial charge in [0.15, 0.2) is 5.82 Å². The number of fused-ring (bicyclic) bond motifs is 3. The fourth-order valence-electron chi connectivity index (χ4n) is 4.11. The number of aromatic nitrogens is 3. The zero-order valence-corrected chi connectivity index (χ0v) is 15.6. The second kappa shape index (κ2) is 6.59. The highest BCUT2D eigenvalue weighted by Crippen LogP contribution is 2.41. The van der Waals surface area contributed by atoms with Crippen molar-refractivity contribution < 1.29 is 0 Å².